The van der Waals surface area contributed by atoms with Crippen molar-refractivity contribution in [1.29, 1.82) is 0 Å². The second-order valence-corrected chi connectivity index (χ2v) is 5.63. The van der Waals surface area contributed by atoms with E-state index in [9.17, 15) is 4.79 Å². The van der Waals surface area contributed by atoms with Crippen molar-refractivity contribution in [3.63, 3.8) is 0 Å². The topological polar surface area (TPSA) is 26.3 Å². The summed E-state index contributed by atoms with van der Waals surface area (Å²) in [5, 5.41) is 0.375. The summed E-state index contributed by atoms with van der Waals surface area (Å²) in [7, 11) is 1.42. The lowest BCUT2D eigenvalue weighted by atomic mass is 10.1. The molecule has 4 heteroatoms. The van der Waals surface area contributed by atoms with E-state index in [0.29, 0.717) is 6.42 Å². The van der Waals surface area contributed by atoms with Crippen molar-refractivity contribution < 1.29 is 9.53 Å². The molecule has 17 heavy (non-hydrogen) atoms. The molecule has 0 rings (SSSR count). The number of unbranched alkanes of at least 4 members (excludes halogenated alkanes) is 2. The summed E-state index contributed by atoms with van der Waals surface area (Å²) in [5.41, 5.74) is 0. The maximum Gasteiger partial charge on any atom is 0.305 e. The number of carbonyl (C=O) groups is 1. The first-order chi connectivity index (χ1) is 8.10. The van der Waals surface area contributed by atoms with E-state index in [4.69, 9.17) is 23.2 Å². The van der Waals surface area contributed by atoms with Crippen LogP contribution in [-0.4, -0.2) is 23.8 Å². The van der Waals surface area contributed by atoms with Gasteiger partial charge in [-0.15, -0.1) is 23.2 Å². The van der Waals surface area contributed by atoms with Crippen molar-refractivity contribution in [2.75, 3.05) is 7.11 Å². The molecule has 0 aliphatic heterocycles. The first-order valence-corrected chi connectivity index (χ1v) is 7.32. The van der Waals surface area contributed by atoms with Crippen LogP contribution in [0.3, 0.4) is 0 Å². The van der Waals surface area contributed by atoms with Gasteiger partial charge in [-0.2, -0.15) is 0 Å². The van der Waals surface area contributed by atoms with E-state index in [0.717, 1.165) is 44.9 Å². The molecule has 0 bridgehead atoms. The third kappa shape index (κ3) is 10.9. The first-order valence-electron chi connectivity index (χ1n) is 6.45. The number of esters is 1. The fourth-order valence-electron chi connectivity index (χ4n) is 1.74. The van der Waals surface area contributed by atoms with E-state index in [1.165, 1.54) is 7.11 Å². The van der Waals surface area contributed by atoms with Gasteiger partial charge in [-0.25, -0.2) is 0 Å². The van der Waals surface area contributed by atoms with E-state index in [1.807, 2.05) is 0 Å². The van der Waals surface area contributed by atoms with Crippen LogP contribution in [0.2, 0.25) is 0 Å². The molecule has 0 aromatic carbocycles. The van der Waals surface area contributed by atoms with Crippen LogP contribution in [-0.2, 0) is 9.53 Å². The second-order valence-electron chi connectivity index (χ2n) is 4.39. The van der Waals surface area contributed by atoms with Crippen molar-refractivity contribution in [3.8, 4) is 0 Å². The van der Waals surface area contributed by atoms with E-state index in [-0.39, 0.29) is 16.7 Å². The van der Waals surface area contributed by atoms with Crippen molar-refractivity contribution >= 4 is 29.2 Å². The lowest BCUT2D eigenvalue weighted by Gasteiger charge is -2.13. The maximum atomic E-state index is 10.9. The molecule has 0 saturated carbocycles. The Morgan fingerprint density at radius 1 is 1.12 bits per heavy atom. The number of hydrogen-bond acceptors (Lipinski definition) is 2. The van der Waals surface area contributed by atoms with E-state index in [1.54, 1.807) is 0 Å². The number of alkyl halides is 2. The van der Waals surface area contributed by atoms with Crippen LogP contribution in [0.15, 0.2) is 0 Å². The second kappa shape index (κ2) is 11.2. The van der Waals surface area contributed by atoms with E-state index in [2.05, 4.69) is 11.7 Å². The minimum Gasteiger partial charge on any atom is -0.469 e. The van der Waals surface area contributed by atoms with Crippen LogP contribution in [0.1, 0.15) is 58.3 Å². The molecular formula is C13H24Cl2O2. The van der Waals surface area contributed by atoms with Gasteiger partial charge in [0.05, 0.1) is 7.11 Å². The molecule has 102 valence electrons. The largest absolute Gasteiger partial charge is 0.469 e. The van der Waals surface area contributed by atoms with Crippen LogP contribution in [0.25, 0.3) is 0 Å². The predicted octanol–water partition coefficient (Wildman–Crippen LogP) is 4.51. The molecule has 0 aromatic rings. The summed E-state index contributed by atoms with van der Waals surface area (Å²) in [6.45, 7) is 2.13. The standard InChI is InChI=1S/C13H24Cl2O2/c1-3-7-11(14)10-12(15)8-5-4-6-9-13(16)17-2/h11-12H,3-10H2,1-2H3. The lowest BCUT2D eigenvalue weighted by molar-refractivity contribution is -0.140. The fourth-order valence-corrected chi connectivity index (χ4v) is 2.63. The van der Waals surface area contributed by atoms with E-state index >= 15 is 0 Å². The molecule has 0 saturated heterocycles. The average Bonchev–Trinajstić information content (AvgIpc) is 2.28. The van der Waals surface area contributed by atoms with E-state index < -0.39 is 0 Å². The minimum absolute atomic E-state index is 0.129. The number of carbonyl (C=O) groups excluding carboxylic acids is 1. The molecule has 0 radical (unpaired) electrons. The number of hydrogen-bond donors (Lipinski definition) is 0. The smallest absolute Gasteiger partial charge is 0.305 e. The zero-order chi connectivity index (χ0) is 13.1. The number of methoxy groups -OCH3 is 1. The Hall–Kier alpha value is 0.0500. The van der Waals surface area contributed by atoms with Gasteiger partial charge >= 0.3 is 5.97 Å². The first kappa shape index (κ1) is 17.1. The van der Waals surface area contributed by atoms with Gasteiger partial charge in [0.1, 0.15) is 0 Å². The number of ether oxygens (including phenoxy) is 1. The van der Waals surface area contributed by atoms with Crippen molar-refractivity contribution in [3.05, 3.63) is 0 Å². The predicted molar refractivity (Wildman–Crippen MR) is 73.9 cm³/mol. The molecule has 0 N–H and O–H groups in total. The van der Waals surface area contributed by atoms with Gasteiger partial charge in [0.2, 0.25) is 0 Å². The third-order valence-electron chi connectivity index (χ3n) is 2.74. The Labute approximate surface area is 115 Å². The highest BCUT2D eigenvalue weighted by atomic mass is 35.5. The summed E-state index contributed by atoms with van der Waals surface area (Å²) >= 11 is 12.3. The summed E-state index contributed by atoms with van der Waals surface area (Å²) in [5.74, 6) is -0.129. The average molecular weight is 283 g/mol. The summed E-state index contributed by atoms with van der Waals surface area (Å²) in [6, 6.07) is 0. The Morgan fingerprint density at radius 2 is 1.76 bits per heavy atom. The van der Waals surface area contributed by atoms with Gasteiger partial charge in [0, 0.05) is 17.2 Å². The SMILES string of the molecule is CCCC(Cl)CC(Cl)CCCCCC(=O)OC. The zero-order valence-electron chi connectivity index (χ0n) is 10.9. The normalized spacial score (nSPS) is 14.4. The minimum atomic E-state index is -0.129. The van der Waals surface area contributed by atoms with Gasteiger partial charge in [-0.05, 0) is 25.7 Å². The molecule has 0 aliphatic carbocycles. The van der Waals surface area contributed by atoms with Crippen molar-refractivity contribution in [2.24, 2.45) is 0 Å². The fraction of sp³-hybridized carbons (Fsp3) is 0.923. The maximum absolute atomic E-state index is 10.9. The quantitative estimate of drug-likeness (QED) is 0.335. The highest BCUT2D eigenvalue weighted by Crippen LogP contribution is 2.20. The van der Waals surface area contributed by atoms with Crippen LogP contribution >= 0.6 is 23.2 Å². The molecule has 2 unspecified atom stereocenters. The molecule has 2 atom stereocenters. The van der Waals surface area contributed by atoms with Crippen LogP contribution in [0.5, 0.6) is 0 Å². The number of halogens is 2. The van der Waals surface area contributed by atoms with Gasteiger partial charge in [-0.1, -0.05) is 26.2 Å². The summed E-state index contributed by atoms with van der Waals surface area (Å²) in [6.07, 6.45) is 7.49. The van der Waals surface area contributed by atoms with Crippen LogP contribution in [0, 0.1) is 0 Å². The summed E-state index contributed by atoms with van der Waals surface area (Å²) in [4.78, 5) is 10.9. The summed E-state index contributed by atoms with van der Waals surface area (Å²) < 4.78 is 4.57. The number of rotatable bonds is 10. The molecule has 2 nitrogen and oxygen atoms in total. The molecule has 0 spiro atoms. The lowest BCUT2D eigenvalue weighted by Crippen LogP contribution is -2.08. The van der Waals surface area contributed by atoms with Crippen LogP contribution in [0.4, 0.5) is 0 Å². The Kier molecular flexibility index (Phi) is 11.2. The molecule has 0 aromatic heterocycles. The molecule has 0 aliphatic rings. The van der Waals surface area contributed by atoms with Crippen molar-refractivity contribution in [1.82, 2.24) is 0 Å². The monoisotopic (exact) mass is 282 g/mol. The molecule has 0 amide bonds. The third-order valence-corrected chi connectivity index (χ3v) is 3.53. The zero-order valence-corrected chi connectivity index (χ0v) is 12.4. The van der Waals surface area contributed by atoms with Gasteiger partial charge in [0.25, 0.3) is 0 Å². The molecule has 0 heterocycles. The highest BCUT2D eigenvalue weighted by molar-refractivity contribution is 6.23. The Morgan fingerprint density at radius 3 is 2.35 bits per heavy atom. The molecule has 0 fully saturated rings. The molecular weight excluding hydrogens is 259 g/mol. The van der Waals surface area contributed by atoms with Crippen LogP contribution < -0.4 is 0 Å². The Balaban J connectivity index is 3.38. The highest BCUT2D eigenvalue weighted by Gasteiger charge is 2.11. The van der Waals surface area contributed by atoms with Gasteiger partial charge < -0.3 is 4.74 Å². The van der Waals surface area contributed by atoms with Gasteiger partial charge in [-0.3, -0.25) is 4.79 Å². The van der Waals surface area contributed by atoms with Gasteiger partial charge in [0.15, 0.2) is 0 Å². The Bertz CT molecular complexity index is 198. The van der Waals surface area contributed by atoms with Crippen molar-refractivity contribution in [2.45, 2.75) is 69.0 Å².